The largest absolute Gasteiger partial charge is 0.379 e. The van der Waals surface area contributed by atoms with Gasteiger partial charge in [0.25, 0.3) is 5.91 Å². The molecule has 0 spiro atoms. The molecule has 1 aromatic rings. The van der Waals surface area contributed by atoms with Crippen LogP contribution in [0.4, 0.5) is 5.69 Å². The topological polar surface area (TPSA) is 71.4 Å². The zero-order valence-electron chi connectivity index (χ0n) is 26.1. The van der Waals surface area contributed by atoms with E-state index in [-0.39, 0.29) is 17.9 Å². The van der Waals surface area contributed by atoms with Crippen LogP contribution in [0.25, 0.3) is 6.08 Å². The van der Waals surface area contributed by atoms with Gasteiger partial charge in [-0.1, -0.05) is 12.8 Å². The van der Waals surface area contributed by atoms with Gasteiger partial charge in [-0.05, 0) is 112 Å². The molecular weight excluding hydrogens is 562 g/mol. The molecule has 236 valence electrons. The molecule has 0 radical (unpaired) electrons. The molecule has 8 heteroatoms. The summed E-state index contributed by atoms with van der Waals surface area (Å²) in [4.78, 5) is 35.5. The molecule has 0 N–H and O–H groups in total. The lowest BCUT2D eigenvalue weighted by Gasteiger charge is -2.37. The fraction of sp³-hybridized carbons (Fsp3) is 0.686. The number of aliphatic imine (C=N–C) groups is 1. The Morgan fingerprint density at radius 2 is 1.58 bits per heavy atom. The van der Waals surface area contributed by atoms with Gasteiger partial charge in [-0.25, -0.2) is 4.99 Å². The van der Waals surface area contributed by atoms with E-state index in [2.05, 4.69) is 17.0 Å². The van der Waals surface area contributed by atoms with Crippen molar-refractivity contribution in [2.45, 2.75) is 103 Å². The summed E-state index contributed by atoms with van der Waals surface area (Å²) in [5, 5.41) is 0. The van der Waals surface area contributed by atoms with Crippen molar-refractivity contribution in [2.75, 3.05) is 50.3 Å². The van der Waals surface area contributed by atoms with Crippen LogP contribution in [0.1, 0.15) is 101 Å². The zero-order chi connectivity index (χ0) is 30.0. The minimum absolute atomic E-state index is 0.00715. The summed E-state index contributed by atoms with van der Waals surface area (Å²) in [5.41, 5.74) is 5.92. The van der Waals surface area contributed by atoms with Crippen LogP contribution < -0.4 is 4.90 Å². The lowest BCUT2D eigenvalue weighted by Crippen LogP contribution is -2.43. The molecule has 0 bridgehead atoms. The Hall–Kier alpha value is -2.22. The number of benzene rings is 1. The lowest BCUT2D eigenvalue weighted by atomic mass is 9.81. The highest BCUT2D eigenvalue weighted by Crippen LogP contribution is 2.37. The minimum Gasteiger partial charge on any atom is -0.379 e. The summed E-state index contributed by atoms with van der Waals surface area (Å²) in [6.07, 6.45) is 15.8. The van der Waals surface area contributed by atoms with Crippen LogP contribution >= 0.6 is 11.6 Å². The quantitative estimate of drug-likeness (QED) is 0.118. The molecule has 5 rings (SSSR count). The van der Waals surface area contributed by atoms with E-state index in [9.17, 15) is 9.59 Å². The van der Waals surface area contributed by atoms with Crippen LogP contribution in [-0.4, -0.2) is 73.9 Å². The fourth-order valence-electron chi connectivity index (χ4n) is 7.32. The normalized spacial score (nSPS) is 22.7. The van der Waals surface area contributed by atoms with E-state index in [4.69, 9.17) is 26.1 Å². The van der Waals surface area contributed by atoms with Gasteiger partial charge in [-0.3, -0.25) is 14.5 Å². The maximum absolute atomic E-state index is 13.5. The Kier molecular flexibility index (Phi) is 12.1. The van der Waals surface area contributed by atoms with Gasteiger partial charge < -0.3 is 14.4 Å². The van der Waals surface area contributed by atoms with Crippen LogP contribution in [0.3, 0.4) is 0 Å². The fourth-order valence-corrected chi connectivity index (χ4v) is 7.51. The third kappa shape index (κ3) is 8.49. The average molecular weight is 612 g/mol. The number of hydrogen-bond acceptors (Lipinski definition) is 6. The summed E-state index contributed by atoms with van der Waals surface area (Å²) >= 11 is 5.69. The smallest absolute Gasteiger partial charge is 0.278 e. The van der Waals surface area contributed by atoms with Crippen LogP contribution in [-0.2, 0) is 31.9 Å². The number of alkyl halides is 1. The van der Waals surface area contributed by atoms with Crippen LogP contribution in [0, 0.1) is 5.92 Å². The highest BCUT2D eigenvalue weighted by atomic mass is 35.5. The van der Waals surface area contributed by atoms with Gasteiger partial charge in [0.15, 0.2) is 0 Å². The third-order valence-corrected chi connectivity index (χ3v) is 9.77. The second-order valence-electron chi connectivity index (χ2n) is 12.6. The molecule has 3 aliphatic heterocycles. The number of hydrogen-bond donors (Lipinski definition) is 0. The number of nitrogens with zero attached hydrogens (tertiary/aromatic N) is 3. The standard InChI is InChI=1S/C35H50ClN3O4/c1-26-37-32(25-27-23-29-9-6-17-38-18-7-10-30(24-27)34(29)38)35(41)39(26)31-14-12-28(13-15-31)33(40)11-8-20-43-22-21-42-19-5-3-2-4-16-36/h23-25,28,31H,2-22H2,1H3/b32-25-. The zero-order valence-corrected chi connectivity index (χ0v) is 26.8. The van der Waals surface area contributed by atoms with Crippen molar-refractivity contribution >= 4 is 40.9 Å². The predicted octanol–water partition coefficient (Wildman–Crippen LogP) is 6.73. The molecule has 0 unspecified atom stereocenters. The number of anilines is 1. The Morgan fingerprint density at radius 3 is 2.26 bits per heavy atom. The summed E-state index contributed by atoms with van der Waals surface area (Å²) < 4.78 is 11.3. The van der Waals surface area contributed by atoms with Crippen LogP contribution in [0.15, 0.2) is 22.8 Å². The molecule has 0 saturated heterocycles. The van der Waals surface area contributed by atoms with E-state index in [1.807, 2.05) is 17.9 Å². The summed E-state index contributed by atoms with van der Waals surface area (Å²) in [5.74, 6) is 1.96. The number of aryl methyl sites for hydroxylation is 2. The molecule has 43 heavy (non-hydrogen) atoms. The van der Waals surface area contributed by atoms with Gasteiger partial charge in [0.2, 0.25) is 0 Å². The van der Waals surface area contributed by atoms with Gasteiger partial charge in [-0.2, -0.15) is 0 Å². The molecular formula is C35H50ClN3O4. The van der Waals surface area contributed by atoms with Crippen LogP contribution in [0.2, 0.25) is 0 Å². The maximum Gasteiger partial charge on any atom is 0.278 e. The number of ether oxygens (including phenoxy) is 2. The predicted molar refractivity (Wildman–Crippen MR) is 174 cm³/mol. The Labute approximate surface area is 263 Å². The van der Waals surface area contributed by atoms with Gasteiger partial charge in [0, 0.05) is 56.3 Å². The highest BCUT2D eigenvalue weighted by molar-refractivity contribution is 6.17. The lowest BCUT2D eigenvalue weighted by molar-refractivity contribution is -0.126. The van der Waals surface area contributed by atoms with Crippen molar-refractivity contribution in [1.29, 1.82) is 0 Å². The first-order valence-corrected chi connectivity index (χ1v) is 17.3. The van der Waals surface area contributed by atoms with Gasteiger partial charge in [-0.15, -0.1) is 11.6 Å². The number of amides is 1. The van der Waals surface area contributed by atoms with E-state index < -0.39 is 0 Å². The number of ketones is 1. The van der Waals surface area contributed by atoms with E-state index in [1.165, 1.54) is 29.7 Å². The molecule has 1 amide bonds. The molecule has 1 aliphatic carbocycles. The Balaban J connectivity index is 1.02. The van der Waals surface area contributed by atoms with E-state index in [1.54, 1.807) is 0 Å². The Morgan fingerprint density at radius 1 is 0.930 bits per heavy atom. The molecule has 1 saturated carbocycles. The molecule has 0 aromatic heterocycles. The minimum atomic E-state index is 0.00715. The maximum atomic E-state index is 13.5. The number of unbranched alkanes of at least 4 members (excludes halogenated alkanes) is 3. The average Bonchev–Trinajstić information content (AvgIpc) is 3.29. The number of halogens is 1. The third-order valence-electron chi connectivity index (χ3n) is 9.50. The van der Waals surface area contributed by atoms with Gasteiger partial charge in [0.1, 0.15) is 17.3 Å². The van der Waals surface area contributed by atoms with Crippen molar-refractivity contribution in [3.8, 4) is 0 Å². The van der Waals surface area contributed by atoms with E-state index in [0.29, 0.717) is 37.7 Å². The van der Waals surface area contributed by atoms with Crippen molar-refractivity contribution < 1.29 is 19.1 Å². The monoisotopic (exact) mass is 611 g/mol. The van der Waals surface area contributed by atoms with E-state index in [0.717, 1.165) is 108 Å². The second-order valence-corrected chi connectivity index (χ2v) is 13.0. The van der Waals surface area contributed by atoms with E-state index >= 15 is 0 Å². The first kappa shape index (κ1) is 32.2. The molecule has 4 aliphatic rings. The number of carbonyl (C=O) groups is 2. The molecule has 1 fully saturated rings. The van der Waals surface area contributed by atoms with Gasteiger partial charge in [0.05, 0.1) is 13.2 Å². The van der Waals surface area contributed by atoms with Crippen molar-refractivity contribution in [3.63, 3.8) is 0 Å². The number of rotatable bonds is 16. The highest BCUT2D eigenvalue weighted by Gasteiger charge is 2.37. The molecule has 3 heterocycles. The summed E-state index contributed by atoms with van der Waals surface area (Å²) in [7, 11) is 0. The first-order valence-electron chi connectivity index (χ1n) is 16.8. The number of amidine groups is 1. The second kappa shape index (κ2) is 16.2. The SMILES string of the molecule is CC1=N/C(=C\c2cc3c4c(c2)CCCN4CCC3)C(=O)N1C1CCC(C(=O)CCCOCCOCCCCCCCl)CC1. The molecule has 0 atom stereocenters. The first-order chi connectivity index (χ1) is 21.0. The summed E-state index contributed by atoms with van der Waals surface area (Å²) in [6, 6.07) is 4.66. The number of Topliss-reactive ketones (excluding diaryl/α,β-unsaturated/α-hetero) is 1. The van der Waals surface area contributed by atoms with Crippen molar-refractivity contribution in [3.05, 3.63) is 34.5 Å². The summed E-state index contributed by atoms with van der Waals surface area (Å²) in [6.45, 7) is 6.81. The molecule has 1 aromatic carbocycles. The van der Waals surface area contributed by atoms with Crippen LogP contribution in [0.5, 0.6) is 0 Å². The number of carbonyl (C=O) groups excluding carboxylic acids is 2. The van der Waals surface area contributed by atoms with Crippen molar-refractivity contribution in [2.24, 2.45) is 10.9 Å². The molecule has 7 nitrogen and oxygen atoms in total. The van der Waals surface area contributed by atoms with Crippen molar-refractivity contribution in [1.82, 2.24) is 4.90 Å². The van der Waals surface area contributed by atoms with Gasteiger partial charge >= 0.3 is 0 Å². The Bertz CT molecular complexity index is 1140.